The number of anilines is 1. The van der Waals surface area contributed by atoms with Crippen molar-refractivity contribution in [3.05, 3.63) is 94.2 Å². The smallest absolute Gasteiger partial charge is 0.270 e. The maximum Gasteiger partial charge on any atom is 0.270 e. The number of amides is 2. The molecule has 32 heavy (non-hydrogen) atoms. The molecule has 1 aliphatic heterocycles. The zero-order valence-corrected chi connectivity index (χ0v) is 18.1. The number of rotatable bonds is 5. The fourth-order valence-corrected chi connectivity index (χ4v) is 3.86. The topological polar surface area (TPSA) is 62.3 Å². The van der Waals surface area contributed by atoms with Gasteiger partial charge in [-0.2, -0.15) is 0 Å². The van der Waals surface area contributed by atoms with Gasteiger partial charge in [0.1, 0.15) is 23.1 Å². The number of benzene rings is 2. The Labute approximate surface area is 185 Å². The lowest BCUT2D eigenvalue weighted by molar-refractivity contribution is -0.122. The highest BCUT2D eigenvalue weighted by atomic mass is 19.1. The first-order valence-corrected chi connectivity index (χ1v) is 10.3. The first kappa shape index (κ1) is 21.6. The van der Waals surface area contributed by atoms with Crippen LogP contribution in [0.4, 0.5) is 14.6 Å². The van der Waals surface area contributed by atoms with E-state index in [-0.39, 0.29) is 30.5 Å². The van der Waals surface area contributed by atoms with E-state index < -0.39 is 17.1 Å². The van der Waals surface area contributed by atoms with Crippen LogP contribution in [0.15, 0.2) is 54.6 Å². The van der Waals surface area contributed by atoms with Crippen LogP contribution < -0.4 is 10.2 Å². The SMILES string of the molecule is Cc1cccc(F)c1CN1C(=O)C(C)(C)c2ccc(C(=O)NCc3ccc(F)cc3)nc21. The van der Waals surface area contributed by atoms with E-state index in [0.29, 0.717) is 16.9 Å². The third kappa shape index (κ3) is 3.86. The van der Waals surface area contributed by atoms with Gasteiger partial charge < -0.3 is 5.32 Å². The van der Waals surface area contributed by atoms with E-state index in [2.05, 4.69) is 10.3 Å². The lowest BCUT2D eigenvalue weighted by atomic mass is 9.87. The van der Waals surface area contributed by atoms with Crippen molar-refractivity contribution < 1.29 is 18.4 Å². The van der Waals surface area contributed by atoms with Crippen molar-refractivity contribution in [1.82, 2.24) is 10.3 Å². The van der Waals surface area contributed by atoms with Crippen LogP contribution in [0.2, 0.25) is 0 Å². The van der Waals surface area contributed by atoms with Gasteiger partial charge in [-0.25, -0.2) is 13.8 Å². The van der Waals surface area contributed by atoms with E-state index in [9.17, 15) is 18.4 Å². The summed E-state index contributed by atoms with van der Waals surface area (Å²) >= 11 is 0. The third-order valence-corrected chi connectivity index (χ3v) is 5.85. The first-order chi connectivity index (χ1) is 15.2. The van der Waals surface area contributed by atoms with Gasteiger partial charge in [0, 0.05) is 17.7 Å². The Morgan fingerprint density at radius 1 is 1.06 bits per heavy atom. The number of pyridine rings is 1. The molecule has 0 saturated carbocycles. The van der Waals surface area contributed by atoms with Gasteiger partial charge in [0.2, 0.25) is 5.91 Å². The lowest BCUT2D eigenvalue weighted by Crippen LogP contribution is -2.36. The number of nitrogens with zero attached hydrogens (tertiary/aromatic N) is 2. The van der Waals surface area contributed by atoms with Crippen molar-refractivity contribution in [3.8, 4) is 0 Å². The van der Waals surface area contributed by atoms with Crippen LogP contribution in [0.3, 0.4) is 0 Å². The van der Waals surface area contributed by atoms with Gasteiger partial charge in [0.15, 0.2) is 0 Å². The van der Waals surface area contributed by atoms with Crippen molar-refractivity contribution in [2.75, 3.05) is 4.90 Å². The number of fused-ring (bicyclic) bond motifs is 1. The Morgan fingerprint density at radius 3 is 2.47 bits per heavy atom. The molecule has 0 radical (unpaired) electrons. The summed E-state index contributed by atoms with van der Waals surface area (Å²) in [7, 11) is 0. The second-order valence-electron chi connectivity index (χ2n) is 8.43. The Balaban J connectivity index is 1.62. The van der Waals surface area contributed by atoms with Gasteiger partial charge in [-0.15, -0.1) is 0 Å². The number of aryl methyl sites for hydroxylation is 1. The molecule has 7 heteroatoms. The summed E-state index contributed by atoms with van der Waals surface area (Å²) in [6.45, 7) is 5.61. The molecule has 0 saturated heterocycles. The van der Waals surface area contributed by atoms with Crippen LogP contribution in [-0.2, 0) is 23.3 Å². The summed E-state index contributed by atoms with van der Waals surface area (Å²) in [4.78, 5) is 31.8. The Hall–Kier alpha value is -3.61. The molecule has 0 atom stereocenters. The van der Waals surface area contributed by atoms with Crippen LogP contribution >= 0.6 is 0 Å². The quantitative estimate of drug-likeness (QED) is 0.645. The highest BCUT2D eigenvalue weighted by Gasteiger charge is 2.45. The van der Waals surface area contributed by atoms with Crippen molar-refractivity contribution in [2.24, 2.45) is 0 Å². The largest absolute Gasteiger partial charge is 0.347 e. The molecule has 4 rings (SSSR count). The average Bonchev–Trinajstić information content (AvgIpc) is 2.95. The van der Waals surface area contributed by atoms with Gasteiger partial charge in [-0.3, -0.25) is 14.5 Å². The molecule has 0 bridgehead atoms. The first-order valence-electron chi connectivity index (χ1n) is 10.3. The number of hydrogen-bond acceptors (Lipinski definition) is 3. The lowest BCUT2D eigenvalue weighted by Gasteiger charge is -2.21. The molecule has 5 nitrogen and oxygen atoms in total. The fraction of sp³-hybridized carbons (Fsp3) is 0.240. The third-order valence-electron chi connectivity index (χ3n) is 5.85. The molecule has 0 spiro atoms. The molecular formula is C25H23F2N3O2. The summed E-state index contributed by atoms with van der Waals surface area (Å²) in [5.74, 6) is -1.00. The molecule has 3 aromatic rings. The molecule has 0 aliphatic carbocycles. The van der Waals surface area contributed by atoms with E-state index in [0.717, 1.165) is 11.1 Å². The normalized spacial score (nSPS) is 14.4. The maximum absolute atomic E-state index is 14.4. The molecule has 0 fully saturated rings. The number of carbonyl (C=O) groups is 2. The Morgan fingerprint density at radius 2 is 1.78 bits per heavy atom. The molecule has 2 aromatic carbocycles. The predicted molar refractivity (Wildman–Crippen MR) is 117 cm³/mol. The van der Waals surface area contributed by atoms with Crippen LogP contribution in [0.25, 0.3) is 0 Å². The summed E-state index contributed by atoms with van der Waals surface area (Å²) in [6.07, 6.45) is 0. The molecule has 1 N–H and O–H groups in total. The minimum absolute atomic E-state index is 0.0292. The van der Waals surface area contributed by atoms with Crippen molar-refractivity contribution in [1.29, 1.82) is 0 Å². The number of hydrogen-bond donors (Lipinski definition) is 1. The van der Waals surface area contributed by atoms with E-state index in [1.807, 2.05) is 0 Å². The monoisotopic (exact) mass is 435 g/mol. The standard InChI is InChI=1S/C25H23F2N3O2/c1-15-5-4-6-20(27)18(15)14-30-22-19(25(2,3)24(30)32)11-12-21(29-22)23(31)28-13-16-7-9-17(26)10-8-16/h4-12H,13-14H2,1-3H3,(H,28,31). The van der Waals surface area contributed by atoms with E-state index in [1.54, 1.807) is 57.2 Å². The summed E-state index contributed by atoms with van der Waals surface area (Å²) in [6, 6.07) is 13.9. The maximum atomic E-state index is 14.4. The fourth-order valence-electron chi connectivity index (χ4n) is 3.86. The Bertz CT molecular complexity index is 1190. The molecule has 2 heterocycles. The van der Waals surface area contributed by atoms with E-state index in [4.69, 9.17) is 0 Å². The van der Waals surface area contributed by atoms with Gasteiger partial charge in [-0.1, -0.05) is 30.3 Å². The molecule has 1 aromatic heterocycles. The highest BCUT2D eigenvalue weighted by molar-refractivity contribution is 6.07. The summed E-state index contributed by atoms with van der Waals surface area (Å²) < 4.78 is 27.5. The van der Waals surface area contributed by atoms with Crippen molar-refractivity contribution >= 4 is 17.6 Å². The van der Waals surface area contributed by atoms with Crippen LogP contribution in [0.1, 0.15) is 46.6 Å². The second kappa shape index (κ2) is 8.15. The van der Waals surface area contributed by atoms with Crippen molar-refractivity contribution in [3.63, 3.8) is 0 Å². The number of halogens is 2. The van der Waals surface area contributed by atoms with Crippen molar-refractivity contribution in [2.45, 2.75) is 39.3 Å². The Kier molecular flexibility index (Phi) is 5.50. The average molecular weight is 435 g/mol. The number of nitrogens with one attached hydrogen (secondary N) is 1. The molecule has 2 amide bonds. The van der Waals surface area contributed by atoms with Gasteiger partial charge in [0.05, 0.1) is 12.0 Å². The zero-order valence-electron chi connectivity index (χ0n) is 18.1. The molecule has 0 unspecified atom stereocenters. The van der Waals surface area contributed by atoms with Gasteiger partial charge in [0.25, 0.3) is 5.91 Å². The minimum atomic E-state index is -0.843. The number of aromatic nitrogens is 1. The molecular weight excluding hydrogens is 412 g/mol. The summed E-state index contributed by atoms with van der Waals surface area (Å²) in [5, 5.41) is 2.75. The second-order valence-corrected chi connectivity index (χ2v) is 8.43. The summed E-state index contributed by atoms with van der Waals surface area (Å²) in [5.41, 5.74) is 1.88. The van der Waals surface area contributed by atoms with Crippen LogP contribution in [0, 0.1) is 18.6 Å². The van der Waals surface area contributed by atoms with Crippen LogP contribution in [-0.4, -0.2) is 16.8 Å². The van der Waals surface area contributed by atoms with E-state index >= 15 is 0 Å². The van der Waals surface area contributed by atoms with Gasteiger partial charge in [-0.05, 0) is 56.2 Å². The van der Waals surface area contributed by atoms with Gasteiger partial charge >= 0.3 is 0 Å². The zero-order chi connectivity index (χ0) is 23.0. The molecule has 1 aliphatic rings. The predicted octanol–water partition coefficient (Wildman–Crippen LogP) is 4.42. The van der Waals surface area contributed by atoms with E-state index in [1.165, 1.54) is 23.1 Å². The highest BCUT2D eigenvalue weighted by Crippen LogP contribution is 2.41. The minimum Gasteiger partial charge on any atom is -0.347 e. The molecule has 164 valence electrons. The van der Waals surface area contributed by atoms with Crippen LogP contribution in [0.5, 0.6) is 0 Å². The number of carbonyl (C=O) groups excluding carboxylic acids is 2.